The van der Waals surface area contributed by atoms with Crippen LogP contribution in [-0.2, 0) is 11.3 Å². The Bertz CT molecular complexity index is 426. The molecule has 0 radical (unpaired) electrons. The van der Waals surface area contributed by atoms with E-state index in [1.165, 1.54) is 0 Å². The van der Waals surface area contributed by atoms with Crippen LogP contribution in [0.3, 0.4) is 0 Å². The van der Waals surface area contributed by atoms with Gasteiger partial charge in [0.05, 0.1) is 6.07 Å². The summed E-state index contributed by atoms with van der Waals surface area (Å²) < 4.78 is 0.962. The number of amides is 1. The van der Waals surface area contributed by atoms with Gasteiger partial charge in [-0.3, -0.25) is 4.79 Å². The summed E-state index contributed by atoms with van der Waals surface area (Å²) in [4.78, 5) is 11.7. The van der Waals surface area contributed by atoms with Gasteiger partial charge in [-0.05, 0) is 18.1 Å². The van der Waals surface area contributed by atoms with Crippen molar-refractivity contribution in [1.29, 1.82) is 5.26 Å². The van der Waals surface area contributed by atoms with E-state index in [0.29, 0.717) is 13.0 Å². The van der Waals surface area contributed by atoms with Gasteiger partial charge in [-0.25, -0.2) is 0 Å². The normalized spacial score (nSPS) is 11.6. The molecule has 90 valence electrons. The van der Waals surface area contributed by atoms with Crippen LogP contribution in [0.15, 0.2) is 28.7 Å². The van der Waals surface area contributed by atoms with Gasteiger partial charge in [0, 0.05) is 11.0 Å². The Morgan fingerprint density at radius 1 is 1.53 bits per heavy atom. The number of rotatable bonds is 5. The van der Waals surface area contributed by atoms with E-state index in [1.807, 2.05) is 37.3 Å². The van der Waals surface area contributed by atoms with E-state index in [0.717, 1.165) is 16.5 Å². The molecule has 1 aromatic rings. The van der Waals surface area contributed by atoms with Gasteiger partial charge in [0.15, 0.2) is 0 Å². The van der Waals surface area contributed by atoms with Crippen LogP contribution in [0, 0.1) is 17.2 Å². The number of nitrogens with zero attached hydrogens (tertiary/aromatic N) is 1. The zero-order valence-corrected chi connectivity index (χ0v) is 11.3. The van der Waals surface area contributed by atoms with Crippen LogP contribution >= 0.6 is 15.9 Å². The number of carbonyl (C=O) groups is 1. The van der Waals surface area contributed by atoms with Crippen molar-refractivity contribution in [3.63, 3.8) is 0 Å². The summed E-state index contributed by atoms with van der Waals surface area (Å²) in [5, 5.41) is 11.6. The van der Waals surface area contributed by atoms with E-state index in [-0.39, 0.29) is 5.91 Å². The molecule has 1 N–H and O–H groups in total. The fraction of sp³-hybridized carbons (Fsp3) is 0.385. The molecule has 0 fully saturated rings. The topological polar surface area (TPSA) is 52.9 Å². The summed E-state index contributed by atoms with van der Waals surface area (Å²) in [6, 6.07) is 9.73. The maximum absolute atomic E-state index is 11.7. The molecule has 17 heavy (non-hydrogen) atoms. The van der Waals surface area contributed by atoms with Crippen LogP contribution in [0.1, 0.15) is 25.3 Å². The number of halogens is 1. The standard InChI is InChI=1S/C13H15BrN2O/c1-2-5-10(8-15)13(17)16-9-11-6-3-4-7-12(11)14/h3-4,6-7,10H,2,5,9H2,1H3,(H,16,17). The molecule has 0 saturated carbocycles. The van der Waals surface area contributed by atoms with Gasteiger partial charge in [-0.15, -0.1) is 0 Å². The third-order valence-corrected chi connectivity index (χ3v) is 3.23. The molecule has 1 atom stereocenters. The molecular formula is C13H15BrN2O. The Labute approximate surface area is 110 Å². The van der Waals surface area contributed by atoms with Gasteiger partial charge >= 0.3 is 0 Å². The first-order valence-corrected chi connectivity index (χ1v) is 6.39. The average molecular weight is 295 g/mol. The number of carbonyl (C=O) groups excluding carboxylic acids is 1. The van der Waals surface area contributed by atoms with E-state index >= 15 is 0 Å². The van der Waals surface area contributed by atoms with Gasteiger partial charge in [0.25, 0.3) is 0 Å². The SMILES string of the molecule is CCCC(C#N)C(=O)NCc1ccccc1Br. The minimum atomic E-state index is -0.539. The van der Waals surface area contributed by atoms with Crippen molar-refractivity contribution in [3.8, 4) is 6.07 Å². The quantitative estimate of drug-likeness (QED) is 0.908. The molecule has 0 heterocycles. The van der Waals surface area contributed by atoms with E-state index in [1.54, 1.807) is 0 Å². The van der Waals surface area contributed by atoms with Crippen molar-refractivity contribution >= 4 is 21.8 Å². The van der Waals surface area contributed by atoms with Gasteiger partial charge in [0.1, 0.15) is 5.92 Å². The number of hydrogen-bond donors (Lipinski definition) is 1. The number of nitriles is 1. The van der Waals surface area contributed by atoms with Gasteiger partial charge in [-0.1, -0.05) is 47.5 Å². The predicted molar refractivity (Wildman–Crippen MR) is 70.0 cm³/mol. The number of nitrogens with one attached hydrogen (secondary N) is 1. The summed E-state index contributed by atoms with van der Waals surface area (Å²) in [6.45, 7) is 2.41. The highest BCUT2D eigenvalue weighted by atomic mass is 79.9. The molecule has 1 amide bonds. The second-order valence-electron chi connectivity index (χ2n) is 3.78. The van der Waals surface area contributed by atoms with Gasteiger partial charge in [-0.2, -0.15) is 5.26 Å². The second kappa shape index (κ2) is 7.08. The van der Waals surface area contributed by atoms with Crippen LogP contribution in [0.4, 0.5) is 0 Å². The van der Waals surface area contributed by atoms with Gasteiger partial charge < -0.3 is 5.32 Å². The fourth-order valence-corrected chi connectivity index (χ4v) is 1.92. The maximum atomic E-state index is 11.7. The molecule has 0 aliphatic carbocycles. The Morgan fingerprint density at radius 3 is 2.82 bits per heavy atom. The van der Waals surface area contributed by atoms with Crippen LogP contribution in [0.5, 0.6) is 0 Å². The monoisotopic (exact) mass is 294 g/mol. The lowest BCUT2D eigenvalue weighted by Crippen LogP contribution is -2.29. The van der Waals surface area contributed by atoms with Crippen molar-refractivity contribution < 1.29 is 4.79 Å². The highest BCUT2D eigenvalue weighted by Crippen LogP contribution is 2.15. The smallest absolute Gasteiger partial charge is 0.237 e. The van der Waals surface area contributed by atoms with Crippen LogP contribution in [-0.4, -0.2) is 5.91 Å². The highest BCUT2D eigenvalue weighted by Gasteiger charge is 2.16. The molecule has 1 unspecified atom stereocenters. The first-order chi connectivity index (χ1) is 8.19. The molecule has 0 bridgehead atoms. The summed E-state index contributed by atoms with van der Waals surface area (Å²) in [5.41, 5.74) is 1.01. The number of benzene rings is 1. The van der Waals surface area contributed by atoms with Crippen molar-refractivity contribution in [2.45, 2.75) is 26.3 Å². The molecule has 0 aliphatic heterocycles. The molecule has 1 aromatic carbocycles. The average Bonchev–Trinajstić information content (AvgIpc) is 2.34. The first kappa shape index (κ1) is 13.7. The zero-order valence-electron chi connectivity index (χ0n) is 9.74. The second-order valence-corrected chi connectivity index (χ2v) is 4.63. The molecule has 0 spiro atoms. The summed E-state index contributed by atoms with van der Waals surface area (Å²) in [7, 11) is 0. The minimum absolute atomic E-state index is 0.190. The lowest BCUT2D eigenvalue weighted by atomic mass is 10.0. The van der Waals surface area contributed by atoms with Crippen molar-refractivity contribution in [2.75, 3.05) is 0 Å². The lowest BCUT2D eigenvalue weighted by Gasteiger charge is -2.10. The van der Waals surface area contributed by atoms with E-state index in [9.17, 15) is 4.79 Å². The van der Waals surface area contributed by atoms with E-state index < -0.39 is 5.92 Å². The maximum Gasteiger partial charge on any atom is 0.237 e. The molecular weight excluding hydrogens is 280 g/mol. The largest absolute Gasteiger partial charge is 0.351 e. The predicted octanol–water partition coefficient (Wildman–Crippen LogP) is 3.01. The molecule has 0 aliphatic rings. The van der Waals surface area contributed by atoms with Gasteiger partial charge in [0.2, 0.25) is 5.91 Å². The van der Waals surface area contributed by atoms with Crippen molar-refractivity contribution in [2.24, 2.45) is 5.92 Å². The van der Waals surface area contributed by atoms with Crippen LogP contribution < -0.4 is 5.32 Å². The fourth-order valence-electron chi connectivity index (χ4n) is 1.49. The Morgan fingerprint density at radius 2 is 2.24 bits per heavy atom. The number of hydrogen-bond acceptors (Lipinski definition) is 2. The third-order valence-electron chi connectivity index (χ3n) is 2.46. The molecule has 3 nitrogen and oxygen atoms in total. The van der Waals surface area contributed by atoms with E-state index in [2.05, 4.69) is 21.2 Å². The van der Waals surface area contributed by atoms with Crippen LogP contribution in [0.25, 0.3) is 0 Å². The Kier molecular flexibility index (Phi) is 5.71. The van der Waals surface area contributed by atoms with Crippen LogP contribution in [0.2, 0.25) is 0 Å². The first-order valence-electron chi connectivity index (χ1n) is 5.59. The third kappa shape index (κ3) is 4.20. The zero-order chi connectivity index (χ0) is 12.7. The Hall–Kier alpha value is -1.34. The van der Waals surface area contributed by atoms with Crippen molar-refractivity contribution in [1.82, 2.24) is 5.32 Å². The summed E-state index contributed by atoms with van der Waals surface area (Å²) in [5.74, 6) is -0.729. The summed E-state index contributed by atoms with van der Waals surface area (Å²) >= 11 is 3.41. The van der Waals surface area contributed by atoms with E-state index in [4.69, 9.17) is 5.26 Å². The van der Waals surface area contributed by atoms with Crippen molar-refractivity contribution in [3.05, 3.63) is 34.3 Å². The molecule has 1 rings (SSSR count). The molecule has 4 heteroatoms. The summed E-state index contributed by atoms with van der Waals surface area (Å²) in [6.07, 6.45) is 1.44. The minimum Gasteiger partial charge on any atom is -0.351 e. The molecule has 0 aromatic heterocycles. The Balaban J connectivity index is 2.54. The molecule has 0 saturated heterocycles. The lowest BCUT2D eigenvalue weighted by molar-refractivity contribution is -0.123. The highest BCUT2D eigenvalue weighted by molar-refractivity contribution is 9.10.